The molecule has 0 amide bonds. The molecule has 0 spiro atoms. The van der Waals surface area contributed by atoms with E-state index in [-0.39, 0.29) is 17.0 Å². The third kappa shape index (κ3) is 3.19. The van der Waals surface area contributed by atoms with Gasteiger partial charge in [-0.2, -0.15) is 0 Å². The summed E-state index contributed by atoms with van der Waals surface area (Å²) in [5, 5.41) is 11.7. The van der Waals surface area contributed by atoms with Crippen LogP contribution in [0.1, 0.15) is 56.9 Å². The van der Waals surface area contributed by atoms with Gasteiger partial charge in [0.05, 0.1) is 12.6 Å². The Hall–Kier alpha value is -0.390. The average molecular weight is 458 g/mol. The largest absolute Gasteiger partial charge is 1.00 e. The summed E-state index contributed by atoms with van der Waals surface area (Å²) in [7, 11) is 0. The van der Waals surface area contributed by atoms with Gasteiger partial charge in [-0.3, -0.25) is 4.58 Å². The predicted molar refractivity (Wildman–Crippen MR) is 95.6 cm³/mol. The number of hydrogen-bond acceptors (Lipinski definition) is 2. The second-order valence-electron chi connectivity index (χ2n) is 7.28. The van der Waals surface area contributed by atoms with Gasteiger partial charge in [0.2, 0.25) is 5.84 Å². The van der Waals surface area contributed by atoms with Crippen LogP contribution < -0.4 is 17.0 Å². The van der Waals surface area contributed by atoms with Gasteiger partial charge in [-0.1, -0.05) is 34.5 Å². The van der Waals surface area contributed by atoms with Crippen molar-refractivity contribution in [2.45, 2.75) is 63.1 Å². The van der Waals surface area contributed by atoms with Gasteiger partial charge in [-0.25, -0.2) is 4.90 Å². The average Bonchev–Trinajstić information content (AvgIpc) is 2.89. The summed E-state index contributed by atoms with van der Waals surface area (Å²) in [6, 6.07) is 8.76. The Kier molecular flexibility index (Phi) is 5.72. The van der Waals surface area contributed by atoms with E-state index in [1.807, 2.05) is 12.1 Å². The highest BCUT2D eigenvalue weighted by atomic mass is 79.9. The molecule has 24 heavy (non-hydrogen) atoms. The topological polar surface area (TPSA) is 26.5 Å². The van der Waals surface area contributed by atoms with E-state index in [0.29, 0.717) is 6.04 Å². The zero-order chi connectivity index (χ0) is 15.9. The van der Waals surface area contributed by atoms with Gasteiger partial charge in [-0.15, -0.1) is 0 Å². The van der Waals surface area contributed by atoms with Gasteiger partial charge in [0.1, 0.15) is 0 Å². The summed E-state index contributed by atoms with van der Waals surface area (Å²) < 4.78 is 3.51. The Labute approximate surface area is 163 Å². The molecule has 132 valence electrons. The molecule has 1 aromatic carbocycles. The van der Waals surface area contributed by atoms with Crippen molar-refractivity contribution >= 4 is 21.8 Å². The van der Waals surface area contributed by atoms with E-state index >= 15 is 0 Å². The minimum Gasteiger partial charge on any atom is -1.00 e. The molecule has 5 heteroatoms. The summed E-state index contributed by atoms with van der Waals surface area (Å²) in [6.07, 6.45) is 10.0. The number of hydrogen-bond donors (Lipinski definition) is 1. The zero-order valence-electron chi connectivity index (χ0n) is 14.1. The monoisotopic (exact) mass is 456 g/mol. The van der Waals surface area contributed by atoms with E-state index in [0.717, 1.165) is 29.5 Å². The van der Waals surface area contributed by atoms with Crippen molar-refractivity contribution in [2.75, 3.05) is 13.1 Å². The summed E-state index contributed by atoms with van der Waals surface area (Å²) in [4.78, 5) is 2.41. The molecule has 1 unspecified atom stereocenters. The summed E-state index contributed by atoms with van der Waals surface area (Å²) in [6.45, 7) is 1.82. The molecule has 1 N–H and O–H groups in total. The molecule has 3 nitrogen and oxygen atoms in total. The van der Waals surface area contributed by atoms with Gasteiger partial charge in [0.15, 0.2) is 6.54 Å². The highest BCUT2D eigenvalue weighted by Crippen LogP contribution is 2.39. The van der Waals surface area contributed by atoms with Crippen LogP contribution in [0.5, 0.6) is 0 Å². The van der Waals surface area contributed by atoms with E-state index in [1.165, 1.54) is 50.8 Å². The smallest absolute Gasteiger partial charge is 0.270 e. The molecule has 2 heterocycles. The lowest BCUT2D eigenvalue weighted by Gasteiger charge is -2.36. The predicted octanol–water partition coefficient (Wildman–Crippen LogP) is 0.841. The number of benzene rings is 1. The van der Waals surface area contributed by atoms with E-state index in [9.17, 15) is 5.11 Å². The molecule has 0 bridgehead atoms. The minimum atomic E-state index is -0.859. The molecular weight excluding hydrogens is 432 g/mol. The lowest BCUT2D eigenvalue weighted by Crippen LogP contribution is -3.00. The van der Waals surface area contributed by atoms with Gasteiger partial charge in [0.25, 0.3) is 5.72 Å². The fraction of sp³-hybridized carbons (Fsp3) is 0.632. The maximum Gasteiger partial charge on any atom is 0.270 e. The van der Waals surface area contributed by atoms with Crippen molar-refractivity contribution in [3.8, 4) is 0 Å². The first-order valence-corrected chi connectivity index (χ1v) is 9.86. The lowest BCUT2D eigenvalue weighted by molar-refractivity contribution is -0.538. The van der Waals surface area contributed by atoms with E-state index in [1.54, 1.807) is 0 Å². The molecule has 1 fully saturated rings. The molecule has 0 radical (unpaired) electrons. The third-order valence-electron chi connectivity index (χ3n) is 5.78. The Bertz CT molecular complexity index is 610. The Morgan fingerprint density at radius 3 is 2.46 bits per heavy atom. The van der Waals surface area contributed by atoms with Crippen LogP contribution in [0.4, 0.5) is 0 Å². The highest BCUT2D eigenvalue weighted by molar-refractivity contribution is 9.10. The molecule has 0 saturated heterocycles. The second kappa shape index (κ2) is 7.46. The zero-order valence-corrected chi connectivity index (χ0v) is 17.2. The van der Waals surface area contributed by atoms with Crippen LogP contribution in [0, 0.1) is 0 Å². The van der Waals surface area contributed by atoms with E-state index in [2.05, 4.69) is 37.5 Å². The molecule has 2 aliphatic heterocycles. The van der Waals surface area contributed by atoms with Crippen molar-refractivity contribution in [1.29, 1.82) is 0 Å². The van der Waals surface area contributed by atoms with Crippen molar-refractivity contribution in [3.63, 3.8) is 0 Å². The third-order valence-corrected chi connectivity index (χ3v) is 6.31. The standard InChI is InChI=1S/C19H26BrN2O.BrH/c20-16-11-9-15(10-12-16)19(23)14-21-13-5-4-8-18(21)22(19)17-6-2-1-3-7-17;/h9-12,17,23H,1-8,13-14H2;1H/q+1;/p-1. The Balaban J connectivity index is 0.00000169. The SMILES string of the molecule is OC1(c2ccc(Br)cc2)C[N+]2=C(CCCC2)N1C1CCCCC1.[Br-]. The number of aliphatic hydroxyl groups is 1. The van der Waals surface area contributed by atoms with Gasteiger partial charge in [-0.05, 0) is 50.7 Å². The molecular formula is C19H26Br2N2O. The Morgan fingerprint density at radius 1 is 1.04 bits per heavy atom. The highest BCUT2D eigenvalue weighted by Gasteiger charge is 2.55. The molecule has 1 aromatic rings. The van der Waals surface area contributed by atoms with Gasteiger partial charge in [0, 0.05) is 16.5 Å². The Morgan fingerprint density at radius 2 is 1.75 bits per heavy atom. The molecule has 4 rings (SSSR count). The second-order valence-corrected chi connectivity index (χ2v) is 8.20. The normalized spacial score (nSPS) is 27.8. The fourth-order valence-corrected chi connectivity index (χ4v) is 4.94. The van der Waals surface area contributed by atoms with Crippen LogP contribution in [-0.2, 0) is 5.72 Å². The van der Waals surface area contributed by atoms with Crippen LogP contribution in [-0.4, -0.2) is 39.5 Å². The quantitative estimate of drug-likeness (QED) is 0.666. The maximum atomic E-state index is 11.7. The number of nitrogens with zero attached hydrogens (tertiary/aromatic N) is 2. The minimum absolute atomic E-state index is 0. The lowest BCUT2D eigenvalue weighted by atomic mass is 9.90. The molecule has 0 aromatic heterocycles. The summed E-state index contributed by atoms with van der Waals surface area (Å²) >= 11 is 3.51. The van der Waals surface area contributed by atoms with Crippen LogP contribution in [0.2, 0.25) is 0 Å². The van der Waals surface area contributed by atoms with Crippen LogP contribution in [0.25, 0.3) is 0 Å². The van der Waals surface area contributed by atoms with Gasteiger partial charge >= 0.3 is 0 Å². The summed E-state index contributed by atoms with van der Waals surface area (Å²) in [5.74, 6) is 1.40. The molecule has 1 atom stereocenters. The van der Waals surface area contributed by atoms with Crippen molar-refractivity contribution in [2.24, 2.45) is 0 Å². The number of halogens is 2. The molecule has 1 saturated carbocycles. The first-order chi connectivity index (χ1) is 11.2. The van der Waals surface area contributed by atoms with E-state index in [4.69, 9.17) is 0 Å². The molecule has 3 aliphatic rings. The number of rotatable bonds is 2. The maximum absolute atomic E-state index is 11.7. The van der Waals surface area contributed by atoms with Crippen molar-refractivity contribution in [1.82, 2.24) is 4.90 Å². The van der Waals surface area contributed by atoms with Crippen molar-refractivity contribution in [3.05, 3.63) is 34.3 Å². The summed E-state index contributed by atoms with van der Waals surface area (Å²) in [5.41, 5.74) is 0.177. The van der Waals surface area contributed by atoms with E-state index < -0.39 is 5.72 Å². The van der Waals surface area contributed by atoms with Crippen LogP contribution in [0.3, 0.4) is 0 Å². The van der Waals surface area contributed by atoms with Gasteiger partial charge < -0.3 is 22.1 Å². The van der Waals surface area contributed by atoms with Crippen LogP contribution in [0.15, 0.2) is 28.7 Å². The van der Waals surface area contributed by atoms with Crippen LogP contribution >= 0.6 is 15.9 Å². The van der Waals surface area contributed by atoms with Crippen molar-refractivity contribution < 1.29 is 26.7 Å². The first kappa shape index (κ1) is 18.4. The first-order valence-electron chi connectivity index (χ1n) is 9.07. The number of amidine groups is 1. The molecule has 1 aliphatic carbocycles. The fourth-order valence-electron chi connectivity index (χ4n) is 4.67.